The Morgan fingerprint density at radius 1 is 1.10 bits per heavy atom. The second kappa shape index (κ2) is 6.71. The molecule has 0 spiro atoms. The third-order valence-corrected chi connectivity index (χ3v) is 2.92. The average Bonchev–Trinajstić information content (AvgIpc) is 2.46. The van der Waals surface area contributed by atoms with Crippen LogP contribution in [0.25, 0.3) is 0 Å². The standard InChI is InChI=1S/C15H15N3O2S/c1-10(13-8-7-12(19)9-14(13)20)17-18-15(21)16-11-5-3-2-4-6-11/h2-9,19-20H,1H3,(H2,16,18,21). The van der Waals surface area contributed by atoms with Crippen molar-refractivity contribution in [3.8, 4) is 11.5 Å². The molecule has 0 radical (unpaired) electrons. The number of nitrogens with zero attached hydrogens (tertiary/aromatic N) is 1. The summed E-state index contributed by atoms with van der Waals surface area (Å²) in [5, 5.41) is 26.4. The van der Waals surface area contributed by atoms with Gasteiger partial charge < -0.3 is 15.5 Å². The number of phenols is 2. The normalized spacial score (nSPS) is 11.0. The summed E-state index contributed by atoms with van der Waals surface area (Å²) in [6, 6.07) is 13.8. The van der Waals surface area contributed by atoms with Crippen molar-refractivity contribution in [2.75, 3.05) is 5.32 Å². The molecule has 0 aliphatic heterocycles. The highest BCUT2D eigenvalue weighted by Gasteiger charge is 2.05. The van der Waals surface area contributed by atoms with Gasteiger partial charge in [-0.25, -0.2) is 0 Å². The average molecular weight is 301 g/mol. The molecular weight excluding hydrogens is 286 g/mol. The van der Waals surface area contributed by atoms with Crippen LogP contribution in [0.3, 0.4) is 0 Å². The van der Waals surface area contributed by atoms with Crippen LogP contribution in [0.5, 0.6) is 11.5 Å². The SMILES string of the molecule is CC(=NNC(=S)Nc1ccccc1)c1ccc(O)cc1O. The van der Waals surface area contributed by atoms with Gasteiger partial charge in [-0.3, -0.25) is 5.43 Å². The van der Waals surface area contributed by atoms with E-state index in [1.807, 2.05) is 30.3 Å². The minimum absolute atomic E-state index is 0.00160. The van der Waals surface area contributed by atoms with E-state index < -0.39 is 0 Å². The van der Waals surface area contributed by atoms with Crippen molar-refractivity contribution < 1.29 is 10.2 Å². The number of rotatable bonds is 3. The molecule has 2 rings (SSSR count). The Hall–Kier alpha value is -2.60. The topological polar surface area (TPSA) is 76.9 Å². The van der Waals surface area contributed by atoms with E-state index in [9.17, 15) is 10.2 Å². The van der Waals surface area contributed by atoms with Crippen LogP contribution in [0.4, 0.5) is 5.69 Å². The third-order valence-electron chi connectivity index (χ3n) is 2.73. The quantitative estimate of drug-likeness (QED) is 0.398. The van der Waals surface area contributed by atoms with Gasteiger partial charge in [-0.05, 0) is 43.4 Å². The van der Waals surface area contributed by atoms with Crippen LogP contribution in [0.15, 0.2) is 53.6 Å². The van der Waals surface area contributed by atoms with Gasteiger partial charge in [0.15, 0.2) is 5.11 Å². The summed E-state index contributed by atoms with van der Waals surface area (Å²) in [6.45, 7) is 1.73. The van der Waals surface area contributed by atoms with E-state index in [0.717, 1.165) is 5.69 Å². The smallest absolute Gasteiger partial charge is 0.191 e. The number of hydrazone groups is 1. The van der Waals surface area contributed by atoms with E-state index in [1.165, 1.54) is 12.1 Å². The fourth-order valence-corrected chi connectivity index (χ4v) is 1.86. The summed E-state index contributed by atoms with van der Waals surface area (Å²) in [5.74, 6) is -0.0433. The molecule has 2 aromatic rings. The maximum Gasteiger partial charge on any atom is 0.191 e. The highest BCUT2D eigenvalue weighted by atomic mass is 32.1. The number of hydrogen-bond acceptors (Lipinski definition) is 4. The lowest BCUT2D eigenvalue weighted by atomic mass is 10.1. The van der Waals surface area contributed by atoms with Crippen molar-refractivity contribution in [3.63, 3.8) is 0 Å². The predicted molar refractivity (Wildman–Crippen MR) is 87.8 cm³/mol. The van der Waals surface area contributed by atoms with E-state index in [-0.39, 0.29) is 11.5 Å². The zero-order chi connectivity index (χ0) is 15.2. The summed E-state index contributed by atoms with van der Waals surface area (Å²) in [4.78, 5) is 0. The second-order valence-corrected chi connectivity index (χ2v) is 4.74. The maximum atomic E-state index is 9.75. The molecule has 6 heteroatoms. The number of phenolic OH excluding ortho intramolecular Hbond substituents is 2. The Morgan fingerprint density at radius 3 is 2.48 bits per heavy atom. The van der Waals surface area contributed by atoms with Gasteiger partial charge in [0.1, 0.15) is 11.5 Å². The van der Waals surface area contributed by atoms with E-state index in [4.69, 9.17) is 12.2 Å². The van der Waals surface area contributed by atoms with Gasteiger partial charge >= 0.3 is 0 Å². The lowest BCUT2D eigenvalue weighted by molar-refractivity contribution is 0.450. The molecule has 0 saturated heterocycles. The summed E-state index contributed by atoms with van der Waals surface area (Å²) in [6.07, 6.45) is 0. The van der Waals surface area contributed by atoms with Crippen LogP contribution >= 0.6 is 12.2 Å². The Balaban J connectivity index is 2.01. The zero-order valence-corrected chi connectivity index (χ0v) is 12.2. The molecule has 0 fully saturated rings. The molecule has 0 unspecified atom stereocenters. The number of thiocarbonyl (C=S) groups is 1. The van der Waals surface area contributed by atoms with E-state index in [1.54, 1.807) is 13.0 Å². The van der Waals surface area contributed by atoms with Gasteiger partial charge in [0, 0.05) is 17.3 Å². The van der Waals surface area contributed by atoms with Crippen LogP contribution in [0, 0.1) is 0 Å². The largest absolute Gasteiger partial charge is 0.508 e. The lowest BCUT2D eigenvalue weighted by Gasteiger charge is -2.08. The van der Waals surface area contributed by atoms with Gasteiger partial charge in [-0.1, -0.05) is 18.2 Å². The molecule has 5 nitrogen and oxygen atoms in total. The fraction of sp³-hybridized carbons (Fsp3) is 0.0667. The van der Waals surface area contributed by atoms with Crippen LogP contribution in [0.2, 0.25) is 0 Å². The Morgan fingerprint density at radius 2 is 1.81 bits per heavy atom. The number of nitrogens with one attached hydrogen (secondary N) is 2. The minimum Gasteiger partial charge on any atom is -0.508 e. The maximum absolute atomic E-state index is 9.75. The number of para-hydroxylation sites is 1. The molecule has 0 saturated carbocycles. The second-order valence-electron chi connectivity index (χ2n) is 4.33. The van der Waals surface area contributed by atoms with Gasteiger partial charge in [0.05, 0.1) is 5.71 Å². The Labute approximate surface area is 127 Å². The molecule has 0 bridgehead atoms. The summed E-state index contributed by atoms with van der Waals surface area (Å²) in [7, 11) is 0. The van der Waals surface area contributed by atoms with Crippen molar-refractivity contribution in [3.05, 3.63) is 54.1 Å². The summed E-state index contributed by atoms with van der Waals surface area (Å²) in [5.41, 5.74) is 4.63. The number of aromatic hydroxyl groups is 2. The molecule has 21 heavy (non-hydrogen) atoms. The first kappa shape index (κ1) is 14.8. The Bertz CT molecular complexity index is 672. The zero-order valence-electron chi connectivity index (χ0n) is 11.4. The summed E-state index contributed by atoms with van der Waals surface area (Å²) < 4.78 is 0. The first-order valence-electron chi connectivity index (χ1n) is 6.25. The molecule has 0 amide bonds. The van der Waals surface area contributed by atoms with Gasteiger partial charge in [0.2, 0.25) is 0 Å². The van der Waals surface area contributed by atoms with Crippen LogP contribution in [-0.2, 0) is 0 Å². The highest BCUT2D eigenvalue weighted by molar-refractivity contribution is 7.80. The lowest BCUT2D eigenvalue weighted by Crippen LogP contribution is -2.24. The molecule has 0 aliphatic rings. The van der Waals surface area contributed by atoms with Gasteiger partial charge in [0.25, 0.3) is 0 Å². The molecule has 108 valence electrons. The van der Waals surface area contributed by atoms with Crippen LogP contribution in [0.1, 0.15) is 12.5 Å². The first-order chi connectivity index (χ1) is 10.1. The first-order valence-corrected chi connectivity index (χ1v) is 6.66. The van der Waals surface area contributed by atoms with E-state index in [0.29, 0.717) is 16.4 Å². The number of benzene rings is 2. The third kappa shape index (κ3) is 4.19. The molecule has 0 atom stereocenters. The Kier molecular flexibility index (Phi) is 4.73. The van der Waals surface area contributed by atoms with Crippen LogP contribution in [-0.4, -0.2) is 21.0 Å². The monoisotopic (exact) mass is 301 g/mol. The van der Waals surface area contributed by atoms with Crippen LogP contribution < -0.4 is 10.7 Å². The van der Waals surface area contributed by atoms with E-state index >= 15 is 0 Å². The molecule has 0 aliphatic carbocycles. The van der Waals surface area contributed by atoms with Crippen molar-refractivity contribution in [1.82, 2.24) is 5.43 Å². The predicted octanol–water partition coefficient (Wildman–Crippen LogP) is 2.81. The van der Waals surface area contributed by atoms with Gasteiger partial charge in [-0.15, -0.1) is 0 Å². The van der Waals surface area contributed by atoms with Crippen molar-refractivity contribution in [1.29, 1.82) is 0 Å². The minimum atomic E-state index is -0.0417. The molecule has 0 heterocycles. The molecular formula is C15H15N3O2S. The number of anilines is 1. The molecule has 4 N–H and O–H groups in total. The molecule has 2 aromatic carbocycles. The molecule has 0 aromatic heterocycles. The van der Waals surface area contributed by atoms with Crippen molar-refractivity contribution in [2.45, 2.75) is 6.92 Å². The summed E-state index contributed by atoms with van der Waals surface area (Å²) >= 11 is 5.13. The number of hydrogen-bond donors (Lipinski definition) is 4. The van der Waals surface area contributed by atoms with Gasteiger partial charge in [-0.2, -0.15) is 5.10 Å². The highest BCUT2D eigenvalue weighted by Crippen LogP contribution is 2.22. The van der Waals surface area contributed by atoms with E-state index in [2.05, 4.69) is 15.8 Å². The van der Waals surface area contributed by atoms with Crippen molar-refractivity contribution >= 4 is 28.7 Å². The van der Waals surface area contributed by atoms with Crippen molar-refractivity contribution in [2.24, 2.45) is 5.10 Å². The fourth-order valence-electron chi connectivity index (χ4n) is 1.70.